The number of halogens is 2. The lowest BCUT2D eigenvalue weighted by atomic mass is 10.1. The molecule has 0 radical (unpaired) electrons. The third kappa shape index (κ3) is 2.69. The van der Waals surface area contributed by atoms with Crippen molar-refractivity contribution in [3.8, 4) is 11.6 Å². The van der Waals surface area contributed by atoms with Crippen LogP contribution in [-0.4, -0.2) is 9.97 Å². The van der Waals surface area contributed by atoms with E-state index < -0.39 is 0 Å². The van der Waals surface area contributed by atoms with Crippen molar-refractivity contribution in [2.45, 2.75) is 33.1 Å². The van der Waals surface area contributed by atoms with Crippen LogP contribution in [0.25, 0.3) is 11.6 Å². The van der Waals surface area contributed by atoms with E-state index in [1.165, 1.54) is 0 Å². The number of rotatable bonds is 3. The molecular weight excluding hydrogens is 363 g/mol. The molecule has 0 saturated heterocycles. The molecule has 0 unspecified atom stereocenters. The molecule has 3 nitrogen and oxygen atoms in total. The zero-order valence-electron chi connectivity index (χ0n) is 10.5. The highest BCUT2D eigenvalue weighted by Gasteiger charge is 2.16. The van der Waals surface area contributed by atoms with Gasteiger partial charge < -0.3 is 4.42 Å². The molecule has 96 valence electrons. The standard InChI is InChI=1S/C13H14ClIN2O/c1-4-8-5-6-9(18-8)13-16-11(7(2)3)10(15)12(14)17-13/h5-7H,4H2,1-3H3. The molecule has 0 bridgehead atoms. The lowest BCUT2D eigenvalue weighted by molar-refractivity contribution is 0.525. The first-order valence-corrected chi connectivity index (χ1v) is 7.30. The number of nitrogens with zero attached hydrogens (tertiary/aromatic N) is 2. The fourth-order valence-electron chi connectivity index (χ4n) is 1.62. The minimum Gasteiger partial charge on any atom is -0.458 e. The SMILES string of the molecule is CCc1ccc(-c2nc(Cl)c(I)c(C(C)C)n2)o1. The van der Waals surface area contributed by atoms with E-state index in [1.54, 1.807) is 0 Å². The molecule has 2 heterocycles. The maximum Gasteiger partial charge on any atom is 0.197 e. The average Bonchev–Trinajstić information content (AvgIpc) is 2.80. The van der Waals surface area contributed by atoms with E-state index in [4.69, 9.17) is 16.0 Å². The summed E-state index contributed by atoms with van der Waals surface area (Å²) < 4.78 is 6.57. The molecule has 2 rings (SSSR count). The van der Waals surface area contributed by atoms with E-state index >= 15 is 0 Å². The lowest BCUT2D eigenvalue weighted by Crippen LogP contribution is -2.02. The first kappa shape index (κ1) is 13.8. The van der Waals surface area contributed by atoms with Crippen LogP contribution in [0.2, 0.25) is 5.15 Å². The molecule has 0 amide bonds. The van der Waals surface area contributed by atoms with E-state index in [0.29, 0.717) is 22.7 Å². The van der Waals surface area contributed by atoms with Crippen LogP contribution < -0.4 is 0 Å². The Morgan fingerprint density at radius 1 is 1.33 bits per heavy atom. The lowest BCUT2D eigenvalue weighted by Gasteiger charge is -2.09. The summed E-state index contributed by atoms with van der Waals surface area (Å²) >= 11 is 8.33. The molecule has 0 aromatic carbocycles. The van der Waals surface area contributed by atoms with Crippen molar-refractivity contribution in [3.63, 3.8) is 0 Å². The highest BCUT2D eigenvalue weighted by molar-refractivity contribution is 14.1. The summed E-state index contributed by atoms with van der Waals surface area (Å²) in [6.45, 7) is 6.22. The number of aromatic nitrogens is 2. The molecule has 0 aliphatic carbocycles. The average molecular weight is 377 g/mol. The number of aryl methyl sites for hydroxylation is 1. The summed E-state index contributed by atoms with van der Waals surface area (Å²) in [5, 5.41) is 0.485. The van der Waals surface area contributed by atoms with Gasteiger partial charge in [0.05, 0.1) is 9.26 Å². The second-order valence-corrected chi connectivity index (χ2v) is 5.75. The first-order chi connectivity index (χ1) is 8.52. The first-order valence-electron chi connectivity index (χ1n) is 5.85. The summed E-state index contributed by atoms with van der Waals surface area (Å²) in [7, 11) is 0. The largest absolute Gasteiger partial charge is 0.458 e. The van der Waals surface area contributed by atoms with Crippen LogP contribution >= 0.6 is 34.2 Å². The minimum absolute atomic E-state index is 0.303. The van der Waals surface area contributed by atoms with Gasteiger partial charge in [-0.05, 0) is 40.6 Å². The van der Waals surface area contributed by atoms with E-state index in [9.17, 15) is 0 Å². The quantitative estimate of drug-likeness (QED) is 0.577. The van der Waals surface area contributed by atoms with E-state index in [-0.39, 0.29) is 0 Å². The van der Waals surface area contributed by atoms with E-state index in [1.807, 2.05) is 19.1 Å². The van der Waals surface area contributed by atoms with Crippen molar-refractivity contribution in [1.82, 2.24) is 9.97 Å². The molecule has 2 aromatic heterocycles. The topological polar surface area (TPSA) is 38.9 Å². The van der Waals surface area contributed by atoms with E-state index in [0.717, 1.165) is 21.4 Å². The van der Waals surface area contributed by atoms with Crippen molar-refractivity contribution in [2.24, 2.45) is 0 Å². The van der Waals surface area contributed by atoms with Crippen LogP contribution in [0.1, 0.15) is 38.1 Å². The van der Waals surface area contributed by atoms with Gasteiger partial charge in [0.2, 0.25) is 0 Å². The van der Waals surface area contributed by atoms with Gasteiger partial charge in [-0.15, -0.1) is 0 Å². The van der Waals surface area contributed by atoms with Crippen molar-refractivity contribution >= 4 is 34.2 Å². The maximum absolute atomic E-state index is 6.15. The summed E-state index contributed by atoms with van der Waals surface area (Å²) in [5.74, 6) is 2.46. The Morgan fingerprint density at radius 3 is 2.61 bits per heavy atom. The normalized spacial score (nSPS) is 11.2. The molecule has 2 aromatic rings. The van der Waals surface area contributed by atoms with E-state index in [2.05, 4.69) is 46.4 Å². The predicted octanol–water partition coefficient (Wildman–Crippen LogP) is 4.68. The van der Waals surface area contributed by atoms with Gasteiger partial charge in [0.1, 0.15) is 10.9 Å². The molecule has 0 aliphatic heterocycles. The van der Waals surface area contributed by atoms with Gasteiger partial charge in [0.15, 0.2) is 11.6 Å². The second kappa shape index (κ2) is 5.57. The van der Waals surface area contributed by atoms with Gasteiger partial charge in [-0.3, -0.25) is 0 Å². The molecule has 0 aliphatic rings. The Hall–Kier alpha value is -0.620. The third-order valence-electron chi connectivity index (χ3n) is 2.61. The van der Waals surface area contributed by atoms with Crippen LogP contribution in [0.4, 0.5) is 0 Å². The number of hydrogen-bond donors (Lipinski definition) is 0. The Bertz CT molecular complexity index is 566. The molecule has 18 heavy (non-hydrogen) atoms. The molecule has 0 atom stereocenters. The Balaban J connectivity index is 2.51. The zero-order valence-corrected chi connectivity index (χ0v) is 13.4. The third-order valence-corrected chi connectivity index (χ3v) is 4.27. The van der Waals surface area contributed by atoms with Gasteiger partial charge >= 0.3 is 0 Å². The molecule has 0 saturated carbocycles. The summed E-state index contributed by atoms with van der Waals surface area (Å²) in [5.41, 5.74) is 0.958. The molecule has 0 fully saturated rings. The number of furan rings is 1. The summed E-state index contributed by atoms with van der Waals surface area (Å²) in [6.07, 6.45) is 0.856. The molecule has 5 heteroatoms. The highest BCUT2D eigenvalue weighted by atomic mass is 127. The van der Waals surface area contributed by atoms with Crippen LogP contribution in [0.3, 0.4) is 0 Å². The van der Waals surface area contributed by atoms with Gasteiger partial charge in [0.25, 0.3) is 0 Å². The summed E-state index contributed by atoms with van der Waals surface area (Å²) in [4.78, 5) is 8.84. The van der Waals surface area contributed by atoms with Crippen molar-refractivity contribution in [2.75, 3.05) is 0 Å². The number of hydrogen-bond acceptors (Lipinski definition) is 3. The smallest absolute Gasteiger partial charge is 0.197 e. The van der Waals surface area contributed by atoms with Gasteiger partial charge in [-0.25, -0.2) is 9.97 Å². The highest BCUT2D eigenvalue weighted by Crippen LogP contribution is 2.28. The van der Waals surface area contributed by atoms with Gasteiger partial charge in [-0.2, -0.15) is 0 Å². The van der Waals surface area contributed by atoms with Crippen molar-refractivity contribution in [3.05, 3.63) is 32.3 Å². The predicted molar refractivity (Wildman–Crippen MR) is 80.9 cm³/mol. The van der Waals surface area contributed by atoms with Crippen LogP contribution in [0.5, 0.6) is 0 Å². The van der Waals surface area contributed by atoms with Gasteiger partial charge in [0, 0.05) is 6.42 Å². The summed E-state index contributed by atoms with van der Waals surface area (Å²) in [6, 6.07) is 3.83. The maximum atomic E-state index is 6.15. The van der Waals surface area contributed by atoms with Crippen LogP contribution in [0, 0.1) is 3.57 Å². The van der Waals surface area contributed by atoms with Crippen molar-refractivity contribution in [1.29, 1.82) is 0 Å². The van der Waals surface area contributed by atoms with Gasteiger partial charge in [-0.1, -0.05) is 32.4 Å². The Kier molecular flexibility index (Phi) is 4.27. The monoisotopic (exact) mass is 376 g/mol. The Morgan fingerprint density at radius 2 is 2.06 bits per heavy atom. The molecular formula is C13H14ClIN2O. The zero-order chi connectivity index (χ0) is 13.3. The van der Waals surface area contributed by atoms with Crippen LogP contribution in [-0.2, 0) is 6.42 Å². The minimum atomic E-state index is 0.303. The molecule has 0 N–H and O–H groups in total. The van der Waals surface area contributed by atoms with Crippen molar-refractivity contribution < 1.29 is 4.42 Å². The fraction of sp³-hybridized carbons (Fsp3) is 0.385. The fourth-order valence-corrected chi connectivity index (χ4v) is 2.66. The van der Waals surface area contributed by atoms with Crippen LogP contribution in [0.15, 0.2) is 16.5 Å². The molecule has 0 spiro atoms. The second-order valence-electron chi connectivity index (χ2n) is 4.31. The Labute approximate surface area is 125 Å².